The van der Waals surface area contributed by atoms with Crippen LogP contribution in [0.15, 0.2) is 42.7 Å². The Hall–Kier alpha value is -2.89. The maximum Gasteiger partial charge on any atom is 0.220 e. The number of benzene rings is 1. The molecule has 0 atom stereocenters. The number of piperidine rings is 1. The summed E-state index contributed by atoms with van der Waals surface area (Å²) in [7, 11) is 0. The van der Waals surface area contributed by atoms with Crippen molar-refractivity contribution in [3.63, 3.8) is 0 Å². The second kappa shape index (κ2) is 6.20. The summed E-state index contributed by atoms with van der Waals surface area (Å²) in [5.41, 5.74) is 9.69. The van der Waals surface area contributed by atoms with E-state index in [1.807, 2.05) is 22.8 Å². The molecule has 1 fully saturated rings. The highest BCUT2D eigenvalue weighted by molar-refractivity contribution is 5.78. The summed E-state index contributed by atoms with van der Waals surface area (Å²) in [6.45, 7) is 3.66. The predicted molar refractivity (Wildman–Crippen MR) is 97.3 cm³/mol. The Kier molecular flexibility index (Phi) is 3.87. The number of carbonyl (C=O) groups is 1. The van der Waals surface area contributed by atoms with Gasteiger partial charge in [-0.15, -0.1) is 0 Å². The number of amides is 1. The molecule has 2 N–H and O–H groups in total. The molecule has 0 spiro atoms. The van der Waals surface area contributed by atoms with Crippen LogP contribution in [0, 0.1) is 12.8 Å². The molecule has 1 aromatic carbocycles. The van der Waals surface area contributed by atoms with Crippen molar-refractivity contribution in [2.24, 2.45) is 11.7 Å². The van der Waals surface area contributed by atoms with Gasteiger partial charge in [-0.25, -0.2) is 9.50 Å². The molecule has 3 aromatic rings. The summed E-state index contributed by atoms with van der Waals surface area (Å²) in [6, 6.07) is 10.3. The first-order valence-electron chi connectivity index (χ1n) is 8.58. The van der Waals surface area contributed by atoms with Crippen LogP contribution in [-0.2, 0) is 4.79 Å². The molecule has 0 aliphatic carbocycles. The largest absolute Gasteiger partial charge is 0.369 e. The average molecular weight is 335 g/mol. The van der Waals surface area contributed by atoms with Crippen molar-refractivity contribution < 1.29 is 4.79 Å². The number of aryl methyl sites for hydroxylation is 1. The van der Waals surface area contributed by atoms with Crippen LogP contribution in [0.4, 0.5) is 5.82 Å². The lowest BCUT2D eigenvalue weighted by atomic mass is 9.96. The zero-order valence-electron chi connectivity index (χ0n) is 14.2. The van der Waals surface area contributed by atoms with Gasteiger partial charge in [0.2, 0.25) is 5.91 Å². The maximum atomic E-state index is 11.4. The van der Waals surface area contributed by atoms with E-state index < -0.39 is 0 Å². The maximum absolute atomic E-state index is 11.4. The number of carbonyl (C=O) groups excluding carboxylic acids is 1. The van der Waals surface area contributed by atoms with Gasteiger partial charge in [0, 0.05) is 37.0 Å². The van der Waals surface area contributed by atoms with E-state index in [2.05, 4.69) is 35.0 Å². The number of nitrogens with zero attached hydrogens (tertiary/aromatic N) is 4. The molecule has 25 heavy (non-hydrogen) atoms. The van der Waals surface area contributed by atoms with Crippen molar-refractivity contribution >= 4 is 17.2 Å². The van der Waals surface area contributed by atoms with Crippen molar-refractivity contribution in [1.82, 2.24) is 14.6 Å². The molecule has 2 aromatic heterocycles. The number of aromatic nitrogens is 3. The van der Waals surface area contributed by atoms with E-state index in [0.29, 0.717) is 0 Å². The number of nitrogens with two attached hydrogens (primary N) is 1. The van der Waals surface area contributed by atoms with Gasteiger partial charge in [-0.3, -0.25) is 4.79 Å². The lowest BCUT2D eigenvalue weighted by Gasteiger charge is -2.31. The summed E-state index contributed by atoms with van der Waals surface area (Å²) in [5.74, 6) is 0.693. The topological polar surface area (TPSA) is 76.5 Å². The minimum Gasteiger partial charge on any atom is -0.369 e. The Morgan fingerprint density at radius 3 is 2.72 bits per heavy atom. The molecule has 1 aliphatic rings. The standard InChI is InChI=1S/C19H21N5O/c1-13-4-2-3-5-15(13)16-12-17-19(21-8-11-24(17)22-16)23-9-6-14(7-10-23)18(20)25/h2-5,8,11-12,14H,6-7,9-10H2,1H3,(H2,20,25). The van der Waals surface area contributed by atoms with E-state index >= 15 is 0 Å². The van der Waals surface area contributed by atoms with Crippen molar-refractivity contribution in [3.05, 3.63) is 48.3 Å². The van der Waals surface area contributed by atoms with Crippen LogP contribution in [0.1, 0.15) is 18.4 Å². The molecule has 0 radical (unpaired) electrons. The predicted octanol–water partition coefficient (Wildman–Crippen LogP) is 2.41. The fourth-order valence-corrected chi connectivity index (χ4v) is 3.52. The summed E-state index contributed by atoms with van der Waals surface area (Å²) >= 11 is 0. The molecular weight excluding hydrogens is 314 g/mol. The third-order valence-corrected chi connectivity index (χ3v) is 4.99. The molecule has 128 valence electrons. The van der Waals surface area contributed by atoms with Gasteiger partial charge < -0.3 is 10.6 Å². The van der Waals surface area contributed by atoms with Gasteiger partial charge in [0.15, 0.2) is 5.82 Å². The van der Waals surface area contributed by atoms with Gasteiger partial charge in [0.05, 0.1) is 5.69 Å². The minimum atomic E-state index is -0.197. The fraction of sp³-hybridized carbons (Fsp3) is 0.316. The second-order valence-electron chi connectivity index (χ2n) is 6.59. The molecule has 1 saturated heterocycles. The first-order valence-corrected chi connectivity index (χ1v) is 8.58. The first-order chi connectivity index (χ1) is 12.1. The van der Waals surface area contributed by atoms with Crippen LogP contribution >= 0.6 is 0 Å². The smallest absolute Gasteiger partial charge is 0.220 e. The van der Waals surface area contributed by atoms with Gasteiger partial charge in [0.1, 0.15) is 5.52 Å². The number of fused-ring (bicyclic) bond motifs is 1. The van der Waals surface area contributed by atoms with Crippen LogP contribution in [0.25, 0.3) is 16.8 Å². The fourth-order valence-electron chi connectivity index (χ4n) is 3.52. The first kappa shape index (κ1) is 15.6. The Morgan fingerprint density at radius 1 is 1.24 bits per heavy atom. The highest BCUT2D eigenvalue weighted by Crippen LogP contribution is 2.29. The Bertz CT molecular complexity index is 924. The number of primary amides is 1. The average Bonchev–Trinajstić information content (AvgIpc) is 3.06. The SMILES string of the molecule is Cc1ccccc1-c1cc2c(N3CCC(C(N)=O)CC3)nccn2n1. The molecule has 0 unspecified atom stereocenters. The van der Waals surface area contributed by atoms with Gasteiger partial charge >= 0.3 is 0 Å². The molecule has 3 heterocycles. The zero-order chi connectivity index (χ0) is 17.4. The van der Waals surface area contributed by atoms with Crippen LogP contribution in [-0.4, -0.2) is 33.6 Å². The van der Waals surface area contributed by atoms with Crippen LogP contribution < -0.4 is 10.6 Å². The van der Waals surface area contributed by atoms with Crippen LogP contribution in [0.3, 0.4) is 0 Å². The number of rotatable bonds is 3. The van der Waals surface area contributed by atoms with Gasteiger partial charge in [-0.2, -0.15) is 5.10 Å². The number of anilines is 1. The third-order valence-electron chi connectivity index (χ3n) is 4.99. The summed E-state index contributed by atoms with van der Waals surface area (Å²) in [4.78, 5) is 18.2. The lowest BCUT2D eigenvalue weighted by Crippen LogP contribution is -2.39. The Balaban J connectivity index is 1.69. The summed E-state index contributed by atoms with van der Waals surface area (Å²) < 4.78 is 1.88. The van der Waals surface area contributed by atoms with E-state index in [1.165, 1.54) is 5.56 Å². The molecule has 1 amide bonds. The number of hydrogen-bond donors (Lipinski definition) is 1. The van der Waals surface area contributed by atoms with Gasteiger partial charge in [-0.05, 0) is 31.4 Å². The quantitative estimate of drug-likeness (QED) is 0.797. The van der Waals surface area contributed by atoms with E-state index in [1.54, 1.807) is 6.20 Å². The number of hydrogen-bond acceptors (Lipinski definition) is 4. The van der Waals surface area contributed by atoms with Crippen molar-refractivity contribution in [1.29, 1.82) is 0 Å². The van der Waals surface area contributed by atoms with Crippen molar-refractivity contribution in [2.75, 3.05) is 18.0 Å². The summed E-state index contributed by atoms with van der Waals surface area (Å²) in [6.07, 6.45) is 5.20. The Morgan fingerprint density at radius 2 is 2.00 bits per heavy atom. The lowest BCUT2D eigenvalue weighted by molar-refractivity contribution is -0.122. The molecule has 0 saturated carbocycles. The zero-order valence-corrected chi connectivity index (χ0v) is 14.2. The normalized spacial score (nSPS) is 15.6. The minimum absolute atomic E-state index is 0.0246. The highest BCUT2D eigenvalue weighted by Gasteiger charge is 2.25. The third kappa shape index (κ3) is 2.84. The van der Waals surface area contributed by atoms with Crippen LogP contribution in [0.5, 0.6) is 0 Å². The molecule has 1 aliphatic heterocycles. The molecule has 6 heteroatoms. The molecule has 4 rings (SSSR count). The highest BCUT2D eigenvalue weighted by atomic mass is 16.1. The molecular formula is C19H21N5O. The second-order valence-corrected chi connectivity index (χ2v) is 6.59. The van der Waals surface area contributed by atoms with Crippen molar-refractivity contribution in [3.8, 4) is 11.3 Å². The van der Waals surface area contributed by atoms with Crippen LogP contribution in [0.2, 0.25) is 0 Å². The van der Waals surface area contributed by atoms with Gasteiger partial charge in [-0.1, -0.05) is 24.3 Å². The van der Waals surface area contributed by atoms with E-state index in [4.69, 9.17) is 10.8 Å². The monoisotopic (exact) mass is 335 g/mol. The summed E-state index contributed by atoms with van der Waals surface area (Å²) in [5, 5.41) is 4.72. The van der Waals surface area contributed by atoms with E-state index in [0.717, 1.165) is 48.5 Å². The Labute approximate surface area is 146 Å². The van der Waals surface area contributed by atoms with Gasteiger partial charge in [0.25, 0.3) is 0 Å². The van der Waals surface area contributed by atoms with E-state index in [-0.39, 0.29) is 11.8 Å². The molecule has 6 nitrogen and oxygen atoms in total. The molecule has 0 bridgehead atoms. The van der Waals surface area contributed by atoms with E-state index in [9.17, 15) is 4.79 Å². The van der Waals surface area contributed by atoms with Crippen molar-refractivity contribution in [2.45, 2.75) is 19.8 Å².